The second kappa shape index (κ2) is 20.6. The van der Waals surface area contributed by atoms with Gasteiger partial charge in [-0.2, -0.15) is 0 Å². The average molecular weight is 513 g/mol. The van der Waals surface area contributed by atoms with Gasteiger partial charge >= 0.3 is 13.8 Å². The first-order valence-electron chi connectivity index (χ1n) is 13.0. The molecule has 2 N–H and O–H groups in total. The third kappa shape index (κ3) is 23.2. The van der Waals surface area contributed by atoms with Gasteiger partial charge < -0.3 is 14.1 Å². The Balaban J connectivity index is 3.86. The van der Waals surface area contributed by atoms with Crippen molar-refractivity contribution in [2.24, 2.45) is 0 Å². The van der Waals surface area contributed by atoms with Gasteiger partial charge in [0.25, 0.3) is 0 Å². The van der Waals surface area contributed by atoms with Crippen molar-refractivity contribution < 1.29 is 42.7 Å². The van der Waals surface area contributed by atoms with Crippen LogP contribution < -0.4 is 0 Å². The van der Waals surface area contributed by atoms with Crippen molar-refractivity contribution in [3.8, 4) is 0 Å². The predicted molar refractivity (Wildman–Crippen MR) is 133 cm³/mol. The molecule has 0 aliphatic heterocycles. The number of nitrogens with zero attached hydrogens (tertiary/aromatic N) is 1. The zero-order valence-corrected chi connectivity index (χ0v) is 22.9. The summed E-state index contributed by atoms with van der Waals surface area (Å²) in [5.74, 6) is -0.451. The molecule has 0 amide bonds. The number of unbranched alkanes of at least 4 members (excludes halogenated alkanes) is 12. The van der Waals surface area contributed by atoms with E-state index in [1.165, 1.54) is 64.2 Å². The highest BCUT2D eigenvalue weighted by Gasteiger charge is 2.26. The molecule has 0 aromatic carbocycles. The summed E-state index contributed by atoms with van der Waals surface area (Å²) in [6.45, 7) is 2.03. The molecular weight excluding hydrogens is 461 g/mol. The molecule has 0 aliphatic rings. The summed E-state index contributed by atoms with van der Waals surface area (Å²) in [6, 6.07) is 0. The van der Waals surface area contributed by atoms with E-state index in [9.17, 15) is 14.3 Å². The van der Waals surface area contributed by atoms with Gasteiger partial charge in [-0.25, -0.2) is 9.45 Å². The smallest absolute Gasteiger partial charge is 0.457 e. The lowest BCUT2D eigenvalue weighted by Gasteiger charge is -2.24. The van der Waals surface area contributed by atoms with Crippen LogP contribution in [0.4, 0.5) is 0 Å². The third-order valence-electron chi connectivity index (χ3n) is 5.48. The van der Waals surface area contributed by atoms with Crippen LogP contribution in [0.2, 0.25) is 0 Å². The Morgan fingerprint density at radius 3 is 1.79 bits per heavy atom. The molecular formula is C24H51NO8P+. The second-order valence-corrected chi connectivity index (χ2v) is 11.5. The van der Waals surface area contributed by atoms with E-state index < -0.39 is 26.5 Å². The van der Waals surface area contributed by atoms with Gasteiger partial charge in [-0.05, 0) is 6.42 Å². The highest BCUT2D eigenvalue weighted by molar-refractivity contribution is 7.47. The summed E-state index contributed by atoms with van der Waals surface area (Å²) in [6.07, 6.45) is 15.1. The molecule has 10 heteroatoms. The number of rotatable bonds is 24. The molecule has 0 spiro atoms. The van der Waals surface area contributed by atoms with Crippen molar-refractivity contribution in [2.45, 2.75) is 103 Å². The molecule has 0 rings (SSSR count). The lowest BCUT2D eigenvalue weighted by molar-refractivity contribution is -0.870. The zero-order chi connectivity index (χ0) is 25.7. The zero-order valence-electron chi connectivity index (χ0n) is 22.0. The molecule has 0 aromatic heterocycles. The first-order chi connectivity index (χ1) is 16.1. The topological polar surface area (TPSA) is 112 Å². The highest BCUT2D eigenvalue weighted by Crippen LogP contribution is 2.43. The Bertz CT molecular complexity index is 542. The number of quaternary nitrogens is 1. The van der Waals surface area contributed by atoms with Crippen molar-refractivity contribution in [1.29, 1.82) is 0 Å². The first-order valence-corrected chi connectivity index (χ1v) is 14.5. The molecule has 1 unspecified atom stereocenters. The summed E-state index contributed by atoms with van der Waals surface area (Å²) in [4.78, 5) is 25.9. The van der Waals surface area contributed by atoms with E-state index in [-0.39, 0.29) is 19.6 Å². The number of hydrogen-bond donors (Lipinski definition) is 2. The number of hydrogen-bond acceptors (Lipinski definition) is 7. The van der Waals surface area contributed by atoms with E-state index in [1.807, 2.05) is 21.1 Å². The van der Waals surface area contributed by atoms with Crippen LogP contribution >= 0.6 is 7.82 Å². The van der Waals surface area contributed by atoms with E-state index in [4.69, 9.17) is 19.0 Å². The van der Waals surface area contributed by atoms with Gasteiger partial charge in [0.15, 0.2) is 6.10 Å². The highest BCUT2D eigenvalue weighted by atomic mass is 31.2. The van der Waals surface area contributed by atoms with Crippen LogP contribution in [0, 0.1) is 0 Å². The van der Waals surface area contributed by atoms with Crippen molar-refractivity contribution in [1.82, 2.24) is 0 Å². The maximum Gasteiger partial charge on any atom is 0.472 e. The lowest BCUT2D eigenvalue weighted by Crippen LogP contribution is -2.37. The third-order valence-corrected chi connectivity index (χ3v) is 6.47. The number of phosphoric ester groups is 1. The number of likely N-dealkylation sites (N-methyl/N-ethyl adjacent to an activating group) is 1. The largest absolute Gasteiger partial charge is 0.472 e. The Hall–Kier alpha value is -0.540. The minimum Gasteiger partial charge on any atom is -0.457 e. The second-order valence-electron chi connectivity index (χ2n) is 10.0. The van der Waals surface area contributed by atoms with Crippen molar-refractivity contribution in [2.75, 3.05) is 47.5 Å². The van der Waals surface area contributed by atoms with Crippen LogP contribution in [-0.4, -0.2) is 74.2 Å². The predicted octanol–water partition coefficient (Wildman–Crippen LogP) is 5.71. The van der Waals surface area contributed by atoms with Crippen LogP contribution in [0.3, 0.4) is 0 Å². The summed E-state index contributed by atoms with van der Waals surface area (Å²) in [5.41, 5.74) is 0. The molecule has 204 valence electrons. The Labute approximate surface area is 207 Å². The fourth-order valence-electron chi connectivity index (χ4n) is 3.38. The molecule has 0 saturated heterocycles. The molecule has 2 atom stereocenters. The molecule has 0 aliphatic carbocycles. The maximum absolute atomic E-state index is 12.1. The minimum absolute atomic E-state index is 0.0390. The summed E-state index contributed by atoms with van der Waals surface area (Å²) in [5, 5.41) is 8.70. The molecule has 0 aromatic rings. The number of ether oxygens (including phenoxy) is 1. The molecule has 0 radical (unpaired) electrons. The van der Waals surface area contributed by atoms with Crippen molar-refractivity contribution >= 4 is 13.8 Å². The Kier molecular flexibility index (Phi) is 20.3. The normalized spacial score (nSPS) is 14.6. The molecule has 0 saturated carbocycles. The van der Waals surface area contributed by atoms with Crippen molar-refractivity contribution in [3.05, 3.63) is 0 Å². The van der Waals surface area contributed by atoms with E-state index in [2.05, 4.69) is 11.8 Å². The molecule has 0 fully saturated rings. The molecule has 34 heavy (non-hydrogen) atoms. The van der Waals surface area contributed by atoms with Gasteiger partial charge in [0, 0.05) is 6.42 Å². The Morgan fingerprint density at radius 2 is 1.32 bits per heavy atom. The van der Waals surface area contributed by atoms with Crippen LogP contribution in [0.1, 0.15) is 96.8 Å². The van der Waals surface area contributed by atoms with Crippen LogP contribution in [0.25, 0.3) is 0 Å². The number of phosphoric acid groups is 1. The van der Waals surface area contributed by atoms with Gasteiger partial charge in [0.05, 0.1) is 27.7 Å². The maximum atomic E-state index is 12.1. The van der Waals surface area contributed by atoms with Gasteiger partial charge in [-0.15, -0.1) is 0 Å². The fraction of sp³-hybridized carbons (Fsp3) is 0.958. The van der Waals surface area contributed by atoms with E-state index in [1.54, 1.807) is 0 Å². The quantitative estimate of drug-likeness (QED) is 0.0422. The first kappa shape index (κ1) is 33.5. The van der Waals surface area contributed by atoms with E-state index in [0.717, 1.165) is 19.3 Å². The summed E-state index contributed by atoms with van der Waals surface area (Å²) in [7, 11) is 1.50. The standard InChI is InChI=1S/C24H50NO8P/c1-5-6-7-8-9-10-11-12-13-14-15-16-17-18-24(26)33-23(21-30-27)22-32-34(28,29)31-20-19-25(2,3)4/h23H,5-22H2,1-4H3,(H-,27,28,29)/p+1/t23-/m1/s1. The summed E-state index contributed by atoms with van der Waals surface area (Å²) < 4.78 is 27.6. The SMILES string of the molecule is CCCCCCCCCCCCCCCC(=O)O[C@H](COO)COP(=O)(O)OCC[N+](C)(C)C. The average Bonchev–Trinajstić information content (AvgIpc) is 2.74. The molecule has 9 nitrogen and oxygen atoms in total. The van der Waals surface area contributed by atoms with Gasteiger partial charge in [-0.1, -0.05) is 84.0 Å². The van der Waals surface area contributed by atoms with E-state index >= 15 is 0 Å². The van der Waals surface area contributed by atoms with E-state index in [0.29, 0.717) is 11.0 Å². The minimum atomic E-state index is -4.29. The van der Waals surface area contributed by atoms with Gasteiger partial charge in [0.2, 0.25) is 0 Å². The summed E-state index contributed by atoms with van der Waals surface area (Å²) >= 11 is 0. The monoisotopic (exact) mass is 512 g/mol. The number of carbonyl (C=O) groups is 1. The molecule has 0 heterocycles. The van der Waals surface area contributed by atoms with Crippen LogP contribution in [0.15, 0.2) is 0 Å². The van der Waals surface area contributed by atoms with Gasteiger partial charge in [-0.3, -0.25) is 19.1 Å². The number of carbonyl (C=O) groups excluding carboxylic acids is 1. The van der Waals surface area contributed by atoms with Crippen molar-refractivity contribution in [3.63, 3.8) is 0 Å². The lowest BCUT2D eigenvalue weighted by atomic mass is 10.0. The van der Waals surface area contributed by atoms with Crippen LogP contribution in [0.5, 0.6) is 0 Å². The number of esters is 1. The van der Waals surface area contributed by atoms with Crippen LogP contribution in [-0.2, 0) is 28.0 Å². The van der Waals surface area contributed by atoms with Gasteiger partial charge in [0.1, 0.15) is 19.8 Å². The molecule has 0 bridgehead atoms. The fourth-order valence-corrected chi connectivity index (χ4v) is 4.12. The Morgan fingerprint density at radius 1 is 0.824 bits per heavy atom.